The molecule has 1 atom stereocenters. The largest absolute Gasteiger partial charge is 0.469 e. The second-order valence-electron chi connectivity index (χ2n) is 4.08. The molecule has 0 aliphatic rings. The highest BCUT2D eigenvalue weighted by Crippen LogP contribution is 2.36. The summed E-state index contributed by atoms with van der Waals surface area (Å²) in [4.78, 5) is 16.9. The van der Waals surface area contributed by atoms with Gasteiger partial charge in [0.2, 0.25) is 0 Å². The van der Waals surface area contributed by atoms with Gasteiger partial charge in [0.15, 0.2) is 0 Å². The molecule has 17 heavy (non-hydrogen) atoms. The van der Waals surface area contributed by atoms with Crippen molar-refractivity contribution >= 4 is 32.6 Å². The van der Waals surface area contributed by atoms with Crippen LogP contribution in [0.1, 0.15) is 40.0 Å². The summed E-state index contributed by atoms with van der Waals surface area (Å²) >= 11 is 0. The molecule has 0 rings (SSSR count). The Morgan fingerprint density at radius 1 is 1.29 bits per heavy atom. The van der Waals surface area contributed by atoms with Crippen LogP contribution in [0.15, 0.2) is 11.6 Å². The number of rotatable bonds is 7. The SMILES string of the molecule is CC(C)=CCCC(C)CCOP(=O)(O)O.Cl.Cl. The van der Waals surface area contributed by atoms with Gasteiger partial charge in [-0.3, -0.25) is 4.52 Å². The van der Waals surface area contributed by atoms with Crippen LogP contribution in [-0.4, -0.2) is 16.4 Å². The highest BCUT2D eigenvalue weighted by atomic mass is 35.5. The third-order valence-electron chi connectivity index (χ3n) is 2.08. The molecule has 0 aromatic carbocycles. The third-order valence-corrected chi connectivity index (χ3v) is 2.60. The van der Waals surface area contributed by atoms with Crippen molar-refractivity contribution in [1.82, 2.24) is 0 Å². The van der Waals surface area contributed by atoms with Crippen LogP contribution in [0.25, 0.3) is 0 Å². The van der Waals surface area contributed by atoms with E-state index in [2.05, 4.69) is 31.4 Å². The van der Waals surface area contributed by atoms with E-state index in [9.17, 15) is 4.57 Å². The molecule has 0 aliphatic heterocycles. The quantitative estimate of drug-likeness (QED) is 0.556. The minimum Gasteiger partial charge on any atom is -0.303 e. The maximum absolute atomic E-state index is 10.4. The molecule has 0 radical (unpaired) electrons. The highest BCUT2D eigenvalue weighted by molar-refractivity contribution is 7.46. The lowest BCUT2D eigenvalue weighted by molar-refractivity contribution is 0.185. The Kier molecular flexibility index (Phi) is 15.3. The molecule has 0 fully saturated rings. The standard InChI is InChI=1S/C10H21O4P.2ClH/c1-9(2)5-4-6-10(3)7-8-14-15(11,12)13;;/h5,10H,4,6-8H2,1-3H3,(H2,11,12,13);2*1H. The van der Waals surface area contributed by atoms with Crippen molar-refractivity contribution in [3.05, 3.63) is 11.6 Å². The average Bonchev–Trinajstić information content (AvgIpc) is 2.00. The van der Waals surface area contributed by atoms with Gasteiger partial charge in [0.1, 0.15) is 0 Å². The Morgan fingerprint density at radius 2 is 1.82 bits per heavy atom. The number of phosphoric ester groups is 1. The first-order chi connectivity index (χ1) is 6.81. The van der Waals surface area contributed by atoms with Crippen LogP contribution >= 0.6 is 32.6 Å². The molecule has 0 saturated carbocycles. The minimum atomic E-state index is -4.28. The van der Waals surface area contributed by atoms with E-state index in [0.29, 0.717) is 12.3 Å². The van der Waals surface area contributed by atoms with Crippen molar-refractivity contribution in [1.29, 1.82) is 0 Å². The van der Waals surface area contributed by atoms with Crippen LogP contribution in [0, 0.1) is 5.92 Å². The molecular weight excluding hydrogens is 286 g/mol. The van der Waals surface area contributed by atoms with Gasteiger partial charge in [-0.25, -0.2) is 4.57 Å². The summed E-state index contributed by atoms with van der Waals surface area (Å²) in [6, 6.07) is 0. The summed E-state index contributed by atoms with van der Waals surface area (Å²) in [6.07, 6.45) is 4.89. The van der Waals surface area contributed by atoms with Gasteiger partial charge < -0.3 is 9.79 Å². The predicted molar refractivity (Wildman–Crippen MR) is 74.9 cm³/mol. The lowest BCUT2D eigenvalue weighted by atomic mass is 10.0. The zero-order chi connectivity index (χ0) is 11.9. The molecule has 0 saturated heterocycles. The van der Waals surface area contributed by atoms with Gasteiger partial charge in [-0.2, -0.15) is 0 Å². The fourth-order valence-corrected chi connectivity index (χ4v) is 1.52. The molecule has 0 heterocycles. The molecular formula is C10H23Cl2O4P. The molecule has 7 heteroatoms. The molecule has 0 aromatic rings. The summed E-state index contributed by atoms with van der Waals surface area (Å²) in [5.74, 6) is 0.423. The first-order valence-electron chi connectivity index (χ1n) is 5.14. The van der Waals surface area contributed by atoms with Gasteiger partial charge in [0, 0.05) is 0 Å². The van der Waals surface area contributed by atoms with E-state index in [4.69, 9.17) is 9.79 Å². The Bertz CT molecular complexity index is 249. The van der Waals surface area contributed by atoms with Crippen molar-refractivity contribution in [2.75, 3.05) is 6.61 Å². The van der Waals surface area contributed by atoms with E-state index in [1.165, 1.54) is 5.57 Å². The van der Waals surface area contributed by atoms with Gasteiger partial charge in [0.25, 0.3) is 0 Å². The van der Waals surface area contributed by atoms with Crippen LogP contribution in [0.3, 0.4) is 0 Å². The Morgan fingerprint density at radius 3 is 2.24 bits per heavy atom. The maximum atomic E-state index is 10.4. The molecule has 0 amide bonds. The maximum Gasteiger partial charge on any atom is 0.469 e. The molecule has 0 aliphatic carbocycles. The highest BCUT2D eigenvalue weighted by Gasteiger charge is 2.13. The Labute approximate surface area is 116 Å². The zero-order valence-corrected chi connectivity index (χ0v) is 13.0. The monoisotopic (exact) mass is 308 g/mol. The van der Waals surface area contributed by atoms with Crippen LogP contribution in [0.5, 0.6) is 0 Å². The van der Waals surface area contributed by atoms with Crippen LogP contribution < -0.4 is 0 Å². The lowest BCUT2D eigenvalue weighted by Crippen LogP contribution is -2.00. The topological polar surface area (TPSA) is 66.8 Å². The summed E-state index contributed by atoms with van der Waals surface area (Å²) in [6.45, 7) is 6.30. The fraction of sp³-hybridized carbons (Fsp3) is 0.800. The van der Waals surface area contributed by atoms with E-state index >= 15 is 0 Å². The first kappa shape index (κ1) is 22.6. The molecule has 0 aromatic heterocycles. The van der Waals surface area contributed by atoms with Crippen molar-refractivity contribution in [2.24, 2.45) is 5.92 Å². The molecule has 2 N–H and O–H groups in total. The summed E-state index contributed by atoms with van der Waals surface area (Å²) in [5, 5.41) is 0. The van der Waals surface area contributed by atoms with E-state index in [-0.39, 0.29) is 31.4 Å². The second kappa shape index (κ2) is 11.5. The zero-order valence-electron chi connectivity index (χ0n) is 10.5. The minimum absolute atomic E-state index is 0. The Balaban J connectivity index is -0.000000980. The average molecular weight is 309 g/mol. The van der Waals surface area contributed by atoms with Crippen molar-refractivity contribution in [3.63, 3.8) is 0 Å². The smallest absolute Gasteiger partial charge is 0.303 e. The molecule has 106 valence electrons. The van der Waals surface area contributed by atoms with Gasteiger partial charge in [-0.1, -0.05) is 18.6 Å². The predicted octanol–water partition coefficient (Wildman–Crippen LogP) is 3.71. The Hall–Kier alpha value is 0.430. The molecule has 4 nitrogen and oxygen atoms in total. The van der Waals surface area contributed by atoms with E-state index in [0.717, 1.165) is 12.8 Å². The van der Waals surface area contributed by atoms with Gasteiger partial charge in [-0.15, -0.1) is 24.8 Å². The van der Waals surface area contributed by atoms with Crippen molar-refractivity contribution in [2.45, 2.75) is 40.0 Å². The molecule has 1 unspecified atom stereocenters. The third kappa shape index (κ3) is 19.0. The van der Waals surface area contributed by atoms with E-state index in [1.807, 2.05) is 0 Å². The number of hydrogen-bond acceptors (Lipinski definition) is 2. The number of hydrogen-bond donors (Lipinski definition) is 2. The second-order valence-corrected chi connectivity index (χ2v) is 5.32. The molecule has 0 bridgehead atoms. The van der Waals surface area contributed by atoms with Crippen molar-refractivity contribution < 1.29 is 18.9 Å². The van der Waals surface area contributed by atoms with Crippen LogP contribution in [0.2, 0.25) is 0 Å². The fourth-order valence-electron chi connectivity index (χ4n) is 1.17. The van der Waals surface area contributed by atoms with Crippen LogP contribution in [-0.2, 0) is 9.09 Å². The van der Waals surface area contributed by atoms with E-state index < -0.39 is 7.82 Å². The summed E-state index contributed by atoms with van der Waals surface area (Å²) in [5.41, 5.74) is 1.30. The van der Waals surface area contributed by atoms with Gasteiger partial charge in [-0.05, 0) is 39.0 Å². The van der Waals surface area contributed by atoms with Crippen molar-refractivity contribution in [3.8, 4) is 0 Å². The normalized spacial score (nSPS) is 12.1. The van der Waals surface area contributed by atoms with Gasteiger partial charge >= 0.3 is 7.82 Å². The van der Waals surface area contributed by atoms with E-state index in [1.54, 1.807) is 0 Å². The molecule has 0 spiro atoms. The summed E-state index contributed by atoms with van der Waals surface area (Å²) in [7, 11) is -4.28. The number of halogens is 2. The lowest BCUT2D eigenvalue weighted by Gasteiger charge is -2.10. The van der Waals surface area contributed by atoms with Gasteiger partial charge in [0.05, 0.1) is 6.61 Å². The summed E-state index contributed by atoms with van der Waals surface area (Å²) < 4.78 is 14.8. The number of phosphoric acid groups is 1. The van der Waals surface area contributed by atoms with Crippen LogP contribution in [0.4, 0.5) is 0 Å². The first-order valence-corrected chi connectivity index (χ1v) is 6.67. The number of allylic oxidation sites excluding steroid dienone is 2.